The van der Waals surface area contributed by atoms with E-state index in [-0.39, 0.29) is 15.7 Å². The highest BCUT2D eigenvalue weighted by molar-refractivity contribution is 7.95. The zero-order chi connectivity index (χ0) is 19.7. The summed E-state index contributed by atoms with van der Waals surface area (Å²) in [6.07, 6.45) is 5.41. The molecule has 2 rings (SSSR count). The molecular formula is C23H28O3S. The van der Waals surface area contributed by atoms with E-state index in [2.05, 4.69) is 6.58 Å². The van der Waals surface area contributed by atoms with Gasteiger partial charge in [0.2, 0.25) is 9.84 Å². The topological polar surface area (TPSA) is 43.4 Å². The Kier molecular flexibility index (Phi) is 7.86. The summed E-state index contributed by atoms with van der Waals surface area (Å²) in [4.78, 5) is 0.560. The van der Waals surface area contributed by atoms with Crippen LogP contribution in [0.25, 0.3) is 0 Å². The molecule has 0 saturated carbocycles. The molecule has 0 aliphatic rings. The van der Waals surface area contributed by atoms with Crippen molar-refractivity contribution in [2.75, 3.05) is 6.61 Å². The molecule has 27 heavy (non-hydrogen) atoms. The largest absolute Gasteiger partial charge is 0.500 e. The lowest BCUT2D eigenvalue weighted by molar-refractivity contribution is 0.250. The van der Waals surface area contributed by atoms with Crippen LogP contribution in [0, 0.1) is 12.8 Å². The molecule has 4 heteroatoms. The average molecular weight is 385 g/mol. The zero-order valence-corrected chi connectivity index (χ0v) is 16.9. The van der Waals surface area contributed by atoms with Crippen molar-refractivity contribution in [2.24, 2.45) is 5.92 Å². The molecule has 0 N–H and O–H groups in total. The summed E-state index contributed by atoms with van der Waals surface area (Å²) in [5.74, 6) is -0.266. The molecule has 0 heterocycles. The third kappa shape index (κ3) is 5.83. The minimum Gasteiger partial charge on any atom is -0.500 e. The highest BCUT2D eigenvalue weighted by atomic mass is 32.2. The SMILES string of the molecule is C=CC(CCC)/C(=C\OCCc1ccccc1)S(=O)(=O)c1ccc(C)cc1. The quantitative estimate of drug-likeness (QED) is 0.310. The van der Waals surface area contributed by atoms with Gasteiger partial charge in [-0.2, -0.15) is 0 Å². The number of rotatable bonds is 10. The van der Waals surface area contributed by atoms with E-state index >= 15 is 0 Å². The first kappa shape index (κ1) is 21.0. The van der Waals surface area contributed by atoms with Crippen LogP contribution in [0.4, 0.5) is 0 Å². The molecule has 0 bridgehead atoms. The van der Waals surface area contributed by atoms with E-state index < -0.39 is 9.84 Å². The molecule has 0 spiro atoms. The average Bonchev–Trinajstić information content (AvgIpc) is 2.67. The third-order valence-electron chi connectivity index (χ3n) is 4.44. The molecule has 0 aliphatic carbocycles. The summed E-state index contributed by atoms with van der Waals surface area (Å²) in [6.45, 7) is 8.22. The number of hydrogen-bond acceptors (Lipinski definition) is 3. The Morgan fingerprint density at radius 2 is 1.78 bits per heavy atom. The number of sulfone groups is 1. The fourth-order valence-electron chi connectivity index (χ4n) is 2.85. The summed E-state index contributed by atoms with van der Waals surface area (Å²) in [7, 11) is -3.63. The molecule has 0 fully saturated rings. The van der Waals surface area contributed by atoms with Gasteiger partial charge in [0.25, 0.3) is 0 Å². The van der Waals surface area contributed by atoms with Gasteiger partial charge in [-0.05, 0) is 31.0 Å². The number of hydrogen-bond donors (Lipinski definition) is 0. The fraction of sp³-hybridized carbons (Fsp3) is 0.304. The molecule has 1 unspecified atom stereocenters. The van der Waals surface area contributed by atoms with Crippen LogP contribution in [0.1, 0.15) is 30.9 Å². The van der Waals surface area contributed by atoms with Crippen LogP contribution in [0.15, 0.2) is 83.3 Å². The van der Waals surface area contributed by atoms with Gasteiger partial charge >= 0.3 is 0 Å². The predicted molar refractivity (Wildman–Crippen MR) is 111 cm³/mol. The maximum Gasteiger partial charge on any atom is 0.206 e. The number of aryl methyl sites for hydroxylation is 1. The Bertz CT molecular complexity index is 850. The van der Waals surface area contributed by atoms with Crippen molar-refractivity contribution >= 4 is 9.84 Å². The van der Waals surface area contributed by atoms with E-state index in [4.69, 9.17) is 4.74 Å². The Labute approximate surface area is 163 Å². The normalized spacial score (nSPS) is 13.2. The van der Waals surface area contributed by atoms with Crippen LogP contribution in [0.2, 0.25) is 0 Å². The highest BCUT2D eigenvalue weighted by Gasteiger charge is 2.26. The second-order valence-corrected chi connectivity index (χ2v) is 8.52. The van der Waals surface area contributed by atoms with Crippen LogP contribution in [-0.2, 0) is 21.0 Å². The monoisotopic (exact) mass is 384 g/mol. The van der Waals surface area contributed by atoms with Gasteiger partial charge in [-0.15, -0.1) is 6.58 Å². The third-order valence-corrected chi connectivity index (χ3v) is 6.35. The van der Waals surface area contributed by atoms with Gasteiger partial charge < -0.3 is 4.74 Å². The zero-order valence-electron chi connectivity index (χ0n) is 16.1. The Balaban J connectivity index is 2.24. The van der Waals surface area contributed by atoms with Crippen molar-refractivity contribution in [2.45, 2.75) is 38.0 Å². The van der Waals surface area contributed by atoms with E-state index in [1.807, 2.05) is 56.3 Å². The molecule has 0 aromatic heterocycles. The smallest absolute Gasteiger partial charge is 0.206 e. The number of ether oxygens (including phenoxy) is 1. The van der Waals surface area contributed by atoms with Crippen molar-refractivity contribution in [1.82, 2.24) is 0 Å². The Hall–Kier alpha value is -2.33. The maximum absolute atomic E-state index is 13.2. The summed E-state index contributed by atoms with van der Waals surface area (Å²) in [6, 6.07) is 16.9. The molecule has 1 atom stereocenters. The molecule has 2 aromatic carbocycles. The van der Waals surface area contributed by atoms with Gasteiger partial charge in [-0.1, -0.05) is 67.4 Å². The van der Waals surface area contributed by atoms with E-state index in [1.54, 1.807) is 18.2 Å². The molecule has 0 saturated heterocycles. The summed E-state index contributed by atoms with van der Waals surface area (Å²) >= 11 is 0. The first-order chi connectivity index (χ1) is 13.0. The van der Waals surface area contributed by atoms with Crippen molar-refractivity contribution in [1.29, 1.82) is 0 Å². The molecule has 3 nitrogen and oxygen atoms in total. The van der Waals surface area contributed by atoms with Crippen LogP contribution in [0.5, 0.6) is 0 Å². The van der Waals surface area contributed by atoms with Gasteiger partial charge in [-0.3, -0.25) is 0 Å². The van der Waals surface area contributed by atoms with Gasteiger partial charge in [0.05, 0.1) is 22.7 Å². The molecule has 0 amide bonds. The highest BCUT2D eigenvalue weighted by Crippen LogP contribution is 2.29. The molecule has 144 valence electrons. The maximum atomic E-state index is 13.2. The minimum atomic E-state index is -3.63. The Morgan fingerprint density at radius 1 is 1.11 bits per heavy atom. The second kappa shape index (κ2) is 10.1. The van der Waals surface area contributed by atoms with Gasteiger partial charge in [-0.25, -0.2) is 8.42 Å². The lowest BCUT2D eigenvalue weighted by Crippen LogP contribution is -2.14. The van der Waals surface area contributed by atoms with E-state index in [0.29, 0.717) is 13.0 Å². The van der Waals surface area contributed by atoms with Crippen LogP contribution in [-0.4, -0.2) is 15.0 Å². The fourth-order valence-corrected chi connectivity index (χ4v) is 4.43. The standard InChI is InChI=1S/C23H28O3S/c1-4-9-21(5-2)23(18-26-17-16-20-10-7-6-8-11-20)27(24,25)22-14-12-19(3)13-15-22/h5-8,10-15,18,21H,2,4,9,16-17H2,1,3H3/b23-18+. The summed E-state index contributed by atoms with van der Waals surface area (Å²) in [5.41, 5.74) is 2.18. The molecule has 0 aliphatic heterocycles. The molecular weight excluding hydrogens is 356 g/mol. The first-order valence-corrected chi connectivity index (χ1v) is 10.8. The summed E-state index contributed by atoms with van der Waals surface area (Å²) < 4.78 is 32.0. The molecule has 0 radical (unpaired) electrons. The van der Waals surface area contributed by atoms with Gasteiger partial charge in [0.1, 0.15) is 0 Å². The first-order valence-electron chi connectivity index (χ1n) is 9.29. The minimum absolute atomic E-state index is 0.266. The second-order valence-electron chi connectivity index (χ2n) is 6.57. The Morgan fingerprint density at radius 3 is 2.37 bits per heavy atom. The van der Waals surface area contributed by atoms with Gasteiger partial charge in [0, 0.05) is 12.3 Å². The predicted octanol–water partition coefficient (Wildman–Crippen LogP) is 5.47. The lowest BCUT2D eigenvalue weighted by atomic mass is 10.0. The van der Waals surface area contributed by atoms with E-state index in [0.717, 1.165) is 24.0 Å². The lowest BCUT2D eigenvalue weighted by Gasteiger charge is -2.17. The van der Waals surface area contributed by atoms with E-state index in [9.17, 15) is 8.42 Å². The summed E-state index contributed by atoms with van der Waals surface area (Å²) in [5, 5.41) is 0. The van der Waals surface area contributed by atoms with Crippen LogP contribution >= 0.6 is 0 Å². The van der Waals surface area contributed by atoms with Crippen molar-refractivity contribution in [3.63, 3.8) is 0 Å². The number of allylic oxidation sites excluding steroid dienone is 2. The van der Waals surface area contributed by atoms with Gasteiger partial charge in [0.15, 0.2) is 0 Å². The van der Waals surface area contributed by atoms with E-state index in [1.165, 1.54) is 6.26 Å². The van der Waals surface area contributed by atoms with Crippen molar-refractivity contribution < 1.29 is 13.2 Å². The van der Waals surface area contributed by atoms with Crippen molar-refractivity contribution in [3.05, 3.63) is 89.5 Å². The van der Waals surface area contributed by atoms with Crippen LogP contribution < -0.4 is 0 Å². The molecule has 2 aromatic rings. The number of benzene rings is 2. The van der Waals surface area contributed by atoms with Crippen LogP contribution in [0.3, 0.4) is 0 Å². The van der Waals surface area contributed by atoms with Crippen molar-refractivity contribution in [3.8, 4) is 0 Å².